The van der Waals surface area contributed by atoms with Crippen LogP contribution in [0.1, 0.15) is 0 Å². The molecule has 0 aliphatic heterocycles. The van der Waals surface area contributed by atoms with Gasteiger partial charge in [-0.05, 0) is 0 Å². The van der Waals surface area contributed by atoms with E-state index in [0.29, 0.717) is 5.82 Å². The van der Waals surface area contributed by atoms with Crippen LogP contribution in [0.15, 0.2) is 164 Å². The SMILES string of the molecule is c1ccc(-n2c3ccccc3c3ccc(-c4ccc5[se]c6cnc(-c7ccc8c9ccccc9n(-c9ccccc9)c8c7)nc6c5n4)cc32)cc1. The molecule has 5 nitrogen and oxygen atoms in total. The molecule has 0 amide bonds. The van der Waals surface area contributed by atoms with Crippen molar-refractivity contribution in [2.75, 3.05) is 0 Å². The molecule has 6 aromatic carbocycles. The van der Waals surface area contributed by atoms with Gasteiger partial charge in [-0.3, -0.25) is 0 Å². The second kappa shape index (κ2) is 11.1. The quantitative estimate of drug-likeness (QED) is 0.170. The van der Waals surface area contributed by atoms with E-state index in [0.717, 1.165) is 44.7 Å². The molecule has 11 aromatic rings. The number of para-hydroxylation sites is 4. The van der Waals surface area contributed by atoms with Crippen LogP contribution in [-0.2, 0) is 0 Å². The Morgan fingerprint density at radius 2 is 0.941 bits per heavy atom. The fourth-order valence-corrected chi connectivity index (χ4v) is 9.69. The van der Waals surface area contributed by atoms with Crippen molar-refractivity contribution >= 4 is 77.7 Å². The fourth-order valence-electron chi connectivity index (χ4n) is 7.68. The molecule has 238 valence electrons. The summed E-state index contributed by atoms with van der Waals surface area (Å²) >= 11 is 0.0993. The molecular formula is C45H27N5Se. The maximum atomic E-state index is 5.31. The van der Waals surface area contributed by atoms with E-state index in [1.165, 1.54) is 46.6 Å². The molecule has 6 heteroatoms. The van der Waals surface area contributed by atoms with E-state index < -0.39 is 0 Å². The van der Waals surface area contributed by atoms with E-state index >= 15 is 0 Å². The van der Waals surface area contributed by atoms with Crippen LogP contribution >= 0.6 is 0 Å². The molecule has 5 aromatic heterocycles. The standard InChI is InChI=1S/C45H27N5Se/c1-3-11-30(12-4-1)49-37-17-9-7-15-32(37)34-21-19-28(25-39(34)49)36-23-24-41-43(47-36)44-42(51-41)27-46-45(48-44)29-20-22-35-33-16-8-10-18-38(33)50(40(35)26-29)31-13-5-2-6-14-31/h1-27H. The third-order valence-corrected chi connectivity index (χ3v) is 12.2. The molecule has 5 heterocycles. The van der Waals surface area contributed by atoms with Crippen molar-refractivity contribution in [2.24, 2.45) is 0 Å². The van der Waals surface area contributed by atoms with Crippen molar-refractivity contribution in [3.63, 3.8) is 0 Å². The maximum absolute atomic E-state index is 5.31. The third-order valence-electron chi connectivity index (χ3n) is 9.99. The molecule has 0 unspecified atom stereocenters. The Morgan fingerprint density at radius 1 is 0.412 bits per heavy atom. The van der Waals surface area contributed by atoms with Crippen LogP contribution < -0.4 is 0 Å². The topological polar surface area (TPSA) is 48.5 Å². The first-order valence-electron chi connectivity index (χ1n) is 17.0. The van der Waals surface area contributed by atoms with Gasteiger partial charge in [0.25, 0.3) is 0 Å². The molecule has 0 fully saturated rings. The van der Waals surface area contributed by atoms with Gasteiger partial charge in [0.05, 0.1) is 0 Å². The molecule has 0 atom stereocenters. The predicted molar refractivity (Wildman–Crippen MR) is 211 cm³/mol. The molecule has 0 saturated heterocycles. The minimum atomic E-state index is 0.0993. The summed E-state index contributed by atoms with van der Waals surface area (Å²) < 4.78 is 7.10. The first kappa shape index (κ1) is 28.5. The predicted octanol–water partition coefficient (Wildman–Crippen LogP) is 10.8. The number of nitrogens with zero attached hydrogens (tertiary/aromatic N) is 5. The van der Waals surface area contributed by atoms with Gasteiger partial charge in [0.15, 0.2) is 0 Å². The Balaban J connectivity index is 1.07. The summed E-state index contributed by atoms with van der Waals surface area (Å²) in [6.07, 6.45) is 2.01. The van der Waals surface area contributed by atoms with Gasteiger partial charge in [0.2, 0.25) is 0 Å². The van der Waals surface area contributed by atoms with Gasteiger partial charge in [0.1, 0.15) is 0 Å². The number of hydrogen-bond acceptors (Lipinski definition) is 3. The average Bonchev–Trinajstić information content (AvgIpc) is 3.85. The molecule has 0 bridgehead atoms. The van der Waals surface area contributed by atoms with Crippen LogP contribution in [0.25, 0.3) is 97.2 Å². The fraction of sp³-hybridized carbons (Fsp3) is 0. The number of fused-ring (bicyclic) bond motifs is 9. The average molecular weight is 717 g/mol. The van der Waals surface area contributed by atoms with Gasteiger partial charge in [-0.2, -0.15) is 0 Å². The Morgan fingerprint density at radius 3 is 1.59 bits per heavy atom. The number of pyridine rings is 1. The summed E-state index contributed by atoms with van der Waals surface area (Å²) in [5, 5.41) is 4.91. The summed E-state index contributed by atoms with van der Waals surface area (Å²) in [6, 6.07) is 56.1. The van der Waals surface area contributed by atoms with E-state index in [1.54, 1.807) is 0 Å². The van der Waals surface area contributed by atoms with E-state index in [1.807, 2.05) is 6.20 Å². The molecule has 0 spiro atoms. The van der Waals surface area contributed by atoms with Crippen molar-refractivity contribution in [2.45, 2.75) is 0 Å². The number of rotatable bonds is 4. The third kappa shape index (κ3) is 4.37. The Labute approximate surface area is 298 Å². The molecular weight excluding hydrogens is 689 g/mol. The van der Waals surface area contributed by atoms with Crippen molar-refractivity contribution in [3.8, 4) is 34.0 Å². The van der Waals surface area contributed by atoms with Crippen LogP contribution in [0.2, 0.25) is 0 Å². The number of hydrogen-bond donors (Lipinski definition) is 0. The monoisotopic (exact) mass is 717 g/mol. The zero-order valence-electron chi connectivity index (χ0n) is 27.2. The molecule has 51 heavy (non-hydrogen) atoms. The van der Waals surface area contributed by atoms with Crippen LogP contribution in [0.3, 0.4) is 0 Å². The second-order valence-electron chi connectivity index (χ2n) is 12.9. The normalized spacial score (nSPS) is 11.9. The van der Waals surface area contributed by atoms with Crippen LogP contribution in [0, 0.1) is 0 Å². The Hall–Kier alpha value is -6.33. The van der Waals surface area contributed by atoms with Crippen LogP contribution in [0.4, 0.5) is 0 Å². The summed E-state index contributed by atoms with van der Waals surface area (Å²) in [5.41, 5.74) is 11.9. The van der Waals surface area contributed by atoms with E-state index in [4.69, 9.17) is 15.0 Å². The molecule has 0 N–H and O–H groups in total. The van der Waals surface area contributed by atoms with Gasteiger partial charge in [-0.25, -0.2) is 0 Å². The first-order valence-corrected chi connectivity index (χ1v) is 18.7. The van der Waals surface area contributed by atoms with E-state index in [2.05, 4.69) is 167 Å². The first-order chi connectivity index (χ1) is 25.3. The summed E-state index contributed by atoms with van der Waals surface area (Å²) in [6.45, 7) is 0. The molecule has 0 aliphatic rings. The molecule has 0 radical (unpaired) electrons. The van der Waals surface area contributed by atoms with Gasteiger partial charge < -0.3 is 0 Å². The van der Waals surface area contributed by atoms with E-state index in [9.17, 15) is 0 Å². The van der Waals surface area contributed by atoms with Gasteiger partial charge >= 0.3 is 300 Å². The van der Waals surface area contributed by atoms with Crippen LogP contribution in [0.5, 0.6) is 0 Å². The van der Waals surface area contributed by atoms with Crippen LogP contribution in [-0.4, -0.2) is 38.6 Å². The molecule has 11 rings (SSSR count). The van der Waals surface area contributed by atoms with Crippen molar-refractivity contribution in [3.05, 3.63) is 164 Å². The summed E-state index contributed by atoms with van der Waals surface area (Å²) in [5.74, 6) is 0.713. The zero-order valence-corrected chi connectivity index (χ0v) is 28.9. The summed E-state index contributed by atoms with van der Waals surface area (Å²) in [7, 11) is 0. The van der Waals surface area contributed by atoms with Gasteiger partial charge in [-0.15, -0.1) is 0 Å². The van der Waals surface area contributed by atoms with Crippen molar-refractivity contribution in [1.29, 1.82) is 0 Å². The second-order valence-corrected chi connectivity index (χ2v) is 15.2. The minimum absolute atomic E-state index is 0.0993. The van der Waals surface area contributed by atoms with Crippen molar-refractivity contribution < 1.29 is 0 Å². The number of benzene rings is 6. The Kier molecular flexibility index (Phi) is 6.20. The van der Waals surface area contributed by atoms with Gasteiger partial charge in [-0.1, -0.05) is 0 Å². The summed E-state index contributed by atoms with van der Waals surface area (Å²) in [4.78, 5) is 15.4. The zero-order chi connectivity index (χ0) is 33.5. The molecule has 0 saturated carbocycles. The Bertz CT molecular complexity index is 2920. The molecule has 0 aliphatic carbocycles. The van der Waals surface area contributed by atoms with Gasteiger partial charge in [0, 0.05) is 0 Å². The van der Waals surface area contributed by atoms with Crippen molar-refractivity contribution in [1.82, 2.24) is 24.1 Å². The van der Waals surface area contributed by atoms with E-state index in [-0.39, 0.29) is 14.5 Å². The number of aromatic nitrogens is 5.